The molecule has 0 aliphatic carbocycles. The number of anilines is 2. The predicted octanol–water partition coefficient (Wildman–Crippen LogP) is 0.670. The number of ether oxygens (including phenoxy) is 1. The number of benzene rings is 1. The Morgan fingerprint density at radius 3 is 2.52 bits per heavy atom. The van der Waals surface area contributed by atoms with Gasteiger partial charge in [-0.2, -0.15) is 15.0 Å². The van der Waals surface area contributed by atoms with Crippen LogP contribution in [0.2, 0.25) is 0 Å². The highest BCUT2D eigenvalue weighted by Crippen LogP contribution is 2.18. The molecular weight excluding hydrogens is 346 g/mol. The molecule has 2 rings (SSSR count). The van der Waals surface area contributed by atoms with E-state index in [9.17, 15) is 13.2 Å². The zero-order valence-corrected chi connectivity index (χ0v) is 14.9. The molecule has 2 N–H and O–H groups in total. The predicted molar refractivity (Wildman–Crippen MR) is 91.9 cm³/mol. The normalized spacial score (nSPS) is 11.2. The average molecular weight is 365 g/mol. The molecule has 0 saturated heterocycles. The van der Waals surface area contributed by atoms with E-state index in [1.165, 1.54) is 19.1 Å². The molecule has 9 nitrogen and oxygen atoms in total. The quantitative estimate of drug-likeness (QED) is 0.734. The third-order valence-corrected chi connectivity index (χ3v) is 5.03. The van der Waals surface area contributed by atoms with Crippen LogP contribution in [0.1, 0.15) is 23.1 Å². The first-order chi connectivity index (χ1) is 11.7. The fraction of sp³-hybridized carbons (Fsp3) is 0.333. The SMILES string of the molecule is CCS(=O)(=O)c1ccccc1C(=O)OCc1nc(N)nc(N(C)C)n1. The molecule has 0 fully saturated rings. The first-order valence-electron chi connectivity index (χ1n) is 7.41. The van der Waals surface area contributed by atoms with Crippen LogP contribution >= 0.6 is 0 Å². The lowest BCUT2D eigenvalue weighted by molar-refractivity contribution is 0.0457. The molecule has 10 heteroatoms. The summed E-state index contributed by atoms with van der Waals surface area (Å²) in [5, 5.41) is 0. The van der Waals surface area contributed by atoms with Gasteiger partial charge in [0, 0.05) is 14.1 Å². The molecular formula is C15H19N5O4S. The molecule has 0 bridgehead atoms. The second-order valence-electron chi connectivity index (χ2n) is 5.28. The summed E-state index contributed by atoms with van der Waals surface area (Å²) in [6.45, 7) is 1.25. The Labute approximate surface area is 145 Å². The van der Waals surface area contributed by atoms with Crippen molar-refractivity contribution in [3.63, 3.8) is 0 Å². The highest BCUT2D eigenvalue weighted by molar-refractivity contribution is 7.91. The number of nitrogens with two attached hydrogens (primary N) is 1. The second kappa shape index (κ2) is 7.43. The standard InChI is InChI=1S/C15H19N5O4S/c1-4-25(22,23)11-8-6-5-7-10(11)13(21)24-9-12-17-14(16)19-15(18-12)20(2)3/h5-8H,4,9H2,1-3H3,(H2,16,17,18,19). The fourth-order valence-corrected chi connectivity index (χ4v) is 3.04. The highest BCUT2D eigenvalue weighted by Gasteiger charge is 2.22. The number of aromatic nitrogens is 3. The van der Waals surface area contributed by atoms with Crippen molar-refractivity contribution in [2.45, 2.75) is 18.4 Å². The summed E-state index contributed by atoms with van der Waals surface area (Å²) in [5.74, 6) is -0.405. The maximum absolute atomic E-state index is 12.3. The number of carbonyl (C=O) groups is 1. The van der Waals surface area contributed by atoms with Crippen LogP contribution < -0.4 is 10.6 Å². The molecule has 0 spiro atoms. The third kappa shape index (κ3) is 4.41. The van der Waals surface area contributed by atoms with Crippen molar-refractivity contribution < 1.29 is 17.9 Å². The molecule has 1 aromatic carbocycles. The molecule has 0 saturated carbocycles. The van der Waals surface area contributed by atoms with Crippen LogP contribution in [0.5, 0.6) is 0 Å². The fourth-order valence-electron chi connectivity index (χ4n) is 1.96. The van der Waals surface area contributed by atoms with Gasteiger partial charge in [-0.1, -0.05) is 19.1 Å². The average Bonchev–Trinajstić information content (AvgIpc) is 2.59. The number of rotatable bonds is 6. The zero-order chi connectivity index (χ0) is 18.6. The van der Waals surface area contributed by atoms with Gasteiger partial charge in [-0.15, -0.1) is 0 Å². The van der Waals surface area contributed by atoms with Gasteiger partial charge in [0.1, 0.15) is 0 Å². The number of nitrogens with zero attached hydrogens (tertiary/aromatic N) is 4. The summed E-state index contributed by atoms with van der Waals surface area (Å²) in [5.41, 5.74) is 5.58. The van der Waals surface area contributed by atoms with Crippen molar-refractivity contribution in [1.29, 1.82) is 0 Å². The van der Waals surface area contributed by atoms with Crippen LogP contribution in [0.25, 0.3) is 0 Å². The molecule has 25 heavy (non-hydrogen) atoms. The smallest absolute Gasteiger partial charge is 0.339 e. The number of sulfone groups is 1. The zero-order valence-electron chi connectivity index (χ0n) is 14.1. The molecule has 1 aromatic heterocycles. The molecule has 0 aliphatic heterocycles. The molecule has 0 unspecified atom stereocenters. The lowest BCUT2D eigenvalue weighted by atomic mass is 10.2. The minimum Gasteiger partial charge on any atom is -0.454 e. The first kappa shape index (κ1) is 18.6. The lowest BCUT2D eigenvalue weighted by Crippen LogP contribution is -2.18. The number of nitrogen functional groups attached to an aromatic ring is 1. The van der Waals surface area contributed by atoms with Gasteiger partial charge >= 0.3 is 5.97 Å². The molecule has 0 radical (unpaired) electrons. The van der Waals surface area contributed by atoms with Crippen LogP contribution in [0.4, 0.5) is 11.9 Å². The van der Waals surface area contributed by atoms with Crippen LogP contribution in [-0.4, -0.2) is 49.2 Å². The summed E-state index contributed by atoms with van der Waals surface area (Å²) in [6, 6.07) is 5.89. The highest BCUT2D eigenvalue weighted by atomic mass is 32.2. The van der Waals surface area contributed by atoms with Gasteiger partial charge in [-0.3, -0.25) is 0 Å². The molecule has 0 atom stereocenters. The van der Waals surface area contributed by atoms with Gasteiger partial charge in [0.05, 0.1) is 16.2 Å². The summed E-state index contributed by atoms with van der Waals surface area (Å²) in [6.07, 6.45) is 0. The van der Waals surface area contributed by atoms with Crippen LogP contribution in [0, 0.1) is 0 Å². The number of hydrogen-bond acceptors (Lipinski definition) is 9. The monoisotopic (exact) mass is 365 g/mol. The third-order valence-electron chi connectivity index (χ3n) is 3.24. The van der Waals surface area contributed by atoms with E-state index >= 15 is 0 Å². The molecule has 134 valence electrons. The van der Waals surface area contributed by atoms with Gasteiger partial charge < -0.3 is 15.4 Å². The second-order valence-corrected chi connectivity index (χ2v) is 7.53. The van der Waals surface area contributed by atoms with Crippen molar-refractivity contribution in [3.8, 4) is 0 Å². The molecule has 2 aromatic rings. The van der Waals surface area contributed by atoms with E-state index in [0.29, 0.717) is 5.95 Å². The Morgan fingerprint density at radius 2 is 1.88 bits per heavy atom. The van der Waals surface area contributed by atoms with Gasteiger partial charge in [-0.05, 0) is 12.1 Å². The minimum atomic E-state index is -3.55. The summed E-state index contributed by atoms with van der Waals surface area (Å²) in [7, 11) is -0.0851. The minimum absolute atomic E-state index is 0.00119. The topological polar surface area (TPSA) is 128 Å². The van der Waals surface area contributed by atoms with E-state index in [-0.39, 0.29) is 34.6 Å². The van der Waals surface area contributed by atoms with Crippen molar-refractivity contribution in [3.05, 3.63) is 35.7 Å². The Balaban J connectivity index is 2.22. The van der Waals surface area contributed by atoms with Crippen molar-refractivity contribution in [1.82, 2.24) is 15.0 Å². The van der Waals surface area contributed by atoms with Crippen molar-refractivity contribution in [2.75, 3.05) is 30.5 Å². The van der Waals surface area contributed by atoms with E-state index in [4.69, 9.17) is 10.5 Å². The van der Waals surface area contributed by atoms with E-state index < -0.39 is 15.8 Å². The Bertz CT molecular complexity index is 883. The maximum atomic E-state index is 12.3. The summed E-state index contributed by atoms with van der Waals surface area (Å²) < 4.78 is 29.4. The Hall–Kier alpha value is -2.75. The number of hydrogen-bond donors (Lipinski definition) is 1. The summed E-state index contributed by atoms with van der Waals surface area (Å²) >= 11 is 0. The first-order valence-corrected chi connectivity index (χ1v) is 9.06. The van der Waals surface area contributed by atoms with Gasteiger partial charge in [0.25, 0.3) is 0 Å². The van der Waals surface area contributed by atoms with Crippen LogP contribution in [0.3, 0.4) is 0 Å². The van der Waals surface area contributed by atoms with E-state index in [1.807, 2.05) is 0 Å². The van der Waals surface area contributed by atoms with Gasteiger partial charge in [0.2, 0.25) is 11.9 Å². The van der Waals surface area contributed by atoms with E-state index in [0.717, 1.165) is 0 Å². The molecule has 1 heterocycles. The van der Waals surface area contributed by atoms with Crippen LogP contribution in [0.15, 0.2) is 29.2 Å². The van der Waals surface area contributed by atoms with Crippen molar-refractivity contribution >= 4 is 27.7 Å². The number of carbonyl (C=O) groups excluding carboxylic acids is 1. The largest absolute Gasteiger partial charge is 0.454 e. The molecule has 0 aliphatic rings. The van der Waals surface area contributed by atoms with E-state index in [1.54, 1.807) is 31.1 Å². The maximum Gasteiger partial charge on any atom is 0.339 e. The van der Waals surface area contributed by atoms with E-state index in [2.05, 4.69) is 15.0 Å². The van der Waals surface area contributed by atoms with Crippen LogP contribution in [-0.2, 0) is 21.2 Å². The van der Waals surface area contributed by atoms with Crippen molar-refractivity contribution in [2.24, 2.45) is 0 Å². The Morgan fingerprint density at radius 1 is 1.20 bits per heavy atom. The molecule has 0 amide bonds. The summed E-state index contributed by atoms with van der Waals surface area (Å²) in [4.78, 5) is 25.8. The Kier molecular flexibility index (Phi) is 5.52. The lowest BCUT2D eigenvalue weighted by Gasteiger charge is -2.12. The van der Waals surface area contributed by atoms with Gasteiger partial charge in [0.15, 0.2) is 22.3 Å². The number of esters is 1. The van der Waals surface area contributed by atoms with Gasteiger partial charge in [-0.25, -0.2) is 13.2 Å².